The number of carbonyl (C=O) groups is 1. The van der Waals surface area contributed by atoms with Gasteiger partial charge in [-0.25, -0.2) is 9.97 Å². The quantitative estimate of drug-likeness (QED) is 0.918. The Balaban J connectivity index is 2.00. The van der Waals surface area contributed by atoms with E-state index in [4.69, 9.17) is 0 Å². The number of benzene rings is 1. The van der Waals surface area contributed by atoms with Crippen LogP contribution in [0.3, 0.4) is 0 Å². The van der Waals surface area contributed by atoms with E-state index >= 15 is 0 Å². The van der Waals surface area contributed by atoms with Crippen molar-refractivity contribution in [3.63, 3.8) is 0 Å². The average Bonchev–Trinajstić information content (AvgIpc) is 2.77. The fraction of sp³-hybridized carbons (Fsp3) is 0.214. The number of rotatable bonds is 2. The normalized spacial score (nSPS) is 22.2. The van der Waals surface area contributed by atoms with E-state index in [-0.39, 0.29) is 22.3 Å². The molecule has 0 radical (unpaired) electrons. The third-order valence-electron chi connectivity index (χ3n) is 3.10. The van der Waals surface area contributed by atoms with Gasteiger partial charge in [-0.3, -0.25) is 9.69 Å². The standard InChI is InChI=1S/C14H13N3O2S/c1-9-12(19)17(14-15-7-2-8-16-14)13(20-9)10-3-5-11(18)6-4-10/h2-9,13,18H,1H3. The van der Waals surface area contributed by atoms with E-state index in [1.807, 2.05) is 19.1 Å². The van der Waals surface area contributed by atoms with Crippen molar-refractivity contribution in [1.82, 2.24) is 9.97 Å². The van der Waals surface area contributed by atoms with Gasteiger partial charge in [-0.15, -0.1) is 11.8 Å². The smallest absolute Gasteiger partial charge is 0.243 e. The zero-order valence-corrected chi connectivity index (χ0v) is 11.6. The van der Waals surface area contributed by atoms with Crippen LogP contribution in [0.1, 0.15) is 17.9 Å². The first-order valence-electron chi connectivity index (χ1n) is 6.21. The second kappa shape index (κ2) is 5.13. The van der Waals surface area contributed by atoms with Gasteiger partial charge in [0.05, 0.1) is 5.25 Å². The first kappa shape index (κ1) is 12.9. The Morgan fingerprint density at radius 3 is 2.50 bits per heavy atom. The van der Waals surface area contributed by atoms with E-state index < -0.39 is 0 Å². The van der Waals surface area contributed by atoms with Crippen molar-refractivity contribution in [3.8, 4) is 5.75 Å². The third-order valence-corrected chi connectivity index (χ3v) is 4.45. The van der Waals surface area contributed by atoms with Crippen LogP contribution >= 0.6 is 11.8 Å². The molecule has 0 spiro atoms. The van der Waals surface area contributed by atoms with Crippen molar-refractivity contribution < 1.29 is 9.90 Å². The van der Waals surface area contributed by atoms with Crippen molar-refractivity contribution in [1.29, 1.82) is 0 Å². The SMILES string of the molecule is CC1SC(c2ccc(O)cc2)N(c2ncccn2)C1=O. The highest BCUT2D eigenvalue weighted by atomic mass is 32.2. The Morgan fingerprint density at radius 1 is 1.20 bits per heavy atom. The fourth-order valence-corrected chi connectivity index (χ4v) is 3.36. The summed E-state index contributed by atoms with van der Waals surface area (Å²) in [6, 6.07) is 8.58. The molecule has 1 aliphatic rings. The molecule has 2 heterocycles. The van der Waals surface area contributed by atoms with Crippen molar-refractivity contribution in [3.05, 3.63) is 48.3 Å². The molecule has 2 atom stereocenters. The molecule has 1 saturated heterocycles. The maximum atomic E-state index is 12.3. The lowest BCUT2D eigenvalue weighted by Gasteiger charge is -2.21. The highest BCUT2D eigenvalue weighted by molar-refractivity contribution is 8.01. The van der Waals surface area contributed by atoms with Gasteiger partial charge in [-0.1, -0.05) is 12.1 Å². The zero-order chi connectivity index (χ0) is 14.1. The Hall–Kier alpha value is -2.08. The van der Waals surface area contributed by atoms with Gasteiger partial charge in [-0.2, -0.15) is 0 Å². The van der Waals surface area contributed by atoms with Gasteiger partial charge in [-0.05, 0) is 30.7 Å². The molecule has 0 aliphatic carbocycles. The predicted molar refractivity (Wildman–Crippen MR) is 77.4 cm³/mol. The number of phenolic OH excluding ortho intramolecular Hbond substituents is 1. The number of anilines is 1. The van der Waals surface area contributed by atoms with Crippen LogP contribution in [0.25, 0.3) is 0 Å². The second-order valence-electron chi connectivity index (χ2n) is 4.48. The molecule has 1 aliphatic heterocycles. The molecule has 3 rings (SSSR count). The van der Waals surface area contributed by atoms with Crippen LogP contribution < -0.4 is 4.90 Å². The monoisotopic (exact) mass is 287 g/mol. The van der Waals surface area contributed by atoms with Gasteiger partial charge in [0, 0.05) is 12.4 Å². The second-order valence-corrected chi connectivity index (χ2v) is 5.91. The molecular formula is C14H13N3O2S. The summed E-state index contributed by atoms with van der Waals surface area (Å²) < 4.78 is 0. The zero-order valence-electron chi connectivity index (χ0n) is 10.8. The Labute approximate surface area is 120 Å². The van der Waals surface area contributed by atoms with E-state index in [1.165, 1.54) is 0 Å². The van der Waals surface area contributed by atoms with E-state index in [1.54, 1.807) is 47.3 Å². The van der Waals surface area contributed by atoms with E-state index in [9.17, 15) is 9.90 Å². The third kappa shape index (κ3) is 2.22. The molecular weight excluding hydrogens is 274 g/mol. The van der Waals surface area contributed by atoms with Gasteiger partial charge in [0.1, 0.15) is 11.1 Å². The van der Waals surface area contributed by atoms with Gasteiger partial charge in [0.2, 0.25) is 11.9 Å². The summed E-state index contributed by atoms with van der Waals surface area (Å²) in [5.74, 6) is 0.616. The lowest BCUT2D eigenvalue weighted by molar-refractivity contribution is -0.117. The number of aromatic hydroxyl groups is 1. The summed E-state index contributed by atoms with van der Waals surface area (Å²) in [6.07, 6.45) is 3.24. The number of thioether (sulfide) groups is 1. The van der Waals surface area contributed by atoms with Crippen molar-refractivity contribution >= 4 is 23.6 Å². The molecule has 0 bridgehead atoms. The Morgan fingerprint density at radius 2 is 1.85 bits per heavy atom. The molecule has 2 unspecified atom stereocenters. The topological polar surface area (TPSA) is 66.3 Å². The van der Waals surface area contributed by atoms with Crippen molar-refractivity contribution in [2.45, 2.75) is 17.5 Å². The minimum atomic E-state index is -0.166. The van der Waals surface area contributed by atoms with Gasteiger partial charge in [0.15, 0.2) is 0 Å². The molecule has 102 valence electrons. The molecule has 1 fully saturated rings. The highest BCUT2D eigenvalue weighted by Gasteiger charge is 2.40. The Kier molecular flexibility index (Phi) is 3.31. The van der Waals surface area contributed by atoms with Crippen LogP contribution in [0.2, 0.25) is 0 Å². The molecule has 1 amide bonds. The van der Waals surface area contributed by atoms with Crippen molar-refractivity contribution in [2.24, 2.45) is 0 Å². The van der Waals surface area contributed by atoms with Gasteiger partial charge in [0.25, 0.3) is 0 Å². The summed E-state index contributed by atoms with van der Waals surface area (Å²) in [4.78, 5) is 22.3. The fourth-order valence-electron chi connectivity index (χ4n) is 2.11. The largest absolute Gasteiger partial charge is 0.508 e. The number of amides is 1. The molecule has 20 heavy (non-hydrogen) atoms. The first-order valence-corrected chi connectivity index (χ1v) is 7.15. The minimum Gasteiger partial charge on any atom is -0.508 e. The predicted octanol–water partition coefficient (Wildman–Crippen LogP) is 2.35. The minimum absolute atomic E-state index is 0.000671. The molecule has 1 aromatic heterocycles. The van der Waals surface area contributed by atoms with Crippen LogP contribution in [0.4, 0.5) is 5.95 Å². The van der Waals surface area contributed by atoms with Gasteiger partial charge < -0.3 is 5.11 Å². The lowest BCUT2D eigenvalue weighted by Crippen LogP contribution is -2.31. The summed E-state index contributed by atoms with van der Waals surface area (Å²) in [6.45, 7) is 1.88. The van der Waals surface area contributed by atoms with Crippen LogP contribution in [0, 0.1) is 0 Å². The van der Waals surface area contributed by atoms with E-state index in [0.29, 0.717) is 5.95 Å². The molecule has 6 heteroatoms. The van der Waals surface area contributed by atoms with E-state index in [2.05, 4.69) is 9.97 Å². The lowest BCUT2D eigenvalue weighted by atomic mass is 10.2. The maximum absolute atomic E-state index is 12.3. The average molecular weight is 287 g/mol. The van der Waals surface area contributed by atoms with Crippen molar-refractivity contribution in [2.75, 3.05) is 4.90 Å². The number of hydrogen-bond donors (Lipinski definition) is 1. The number of nitrogens with zero attached hydrogens (tertiary/aromatic N) is 3. The molecule has 2 aromatic rings. The summed E-state index contributed by atoms with van der Waals surface area (Å²) in [7, 11) is 0. The number of hydrogen-bond acceptors (Lipinski definition) is 5. The molecule has 5 nitrogen and oxygen atoms in total. The Bertz CT molecular complexity index is 618. The molecule has 1 N–H and O–H groups in total. The highest BCUT2D eigenvalue weighted by Crippen LogP contribution is 2.44. The molecule has 1 aromatic carbocycles. The number of phenols is 1. The maximum Gasteiger partial charge on any atom is 0.243 e. The summed E-state index contributed by atoms with van der Waals surface area (Å²) >= 11 is 1.55. The number of carbonyl (C=O) groups excluding carboxylic acids is 1. The first-order chi connectivity index (χ1) is 9.66. The van der Waals surface area contributed by atoms with Gasteiger partial charge >= 0.3 is 0 Å². The molecule has 0 saturated carbocycles. The van der Waals surface area contributed by atoms with Crippen LogP contribution in [0.5, 0.6) is 5.75 Å². The number of aromatic nitrogens is 2. The summed E-state index contributed by atoms with van der Waals surface area (Å²) in [5.41, 5.74) is 0.943. The van der Waals surface area contributed by atoms with Crippen LogP contribution in [-0.4, -0.2) is 26.2 Å². The van der Waals surface area contributed by atoms with E-state index in [0.717, 1.165) is 5.56 Å². The van der Waals surface area contributed by atoms with Crippen LogP contribution in [0.15, 0.2) is 42.7 Å². The summed E-state index contributed by atoms with van der Waals surface area (Å²) in [5, 5.41) is 9.07. The van der Waals surface area contributed by atoms with Crippen LogP contribution in [-0.2, 0) is 4.79 Å².